The topological polar surface area (TPSA) is 113 Å². The summed E-state index contributed by atoms with van der Waals surface area (Å²) in [6.07, 6.45) is 1.70. The van der Waals surface area contributed by atoms with E-state index in [1.807, 2.05) is 91.0 Å². The zero-order chi connectivity index (χ0) is 35.4. The standard InChI is InChI=1S/C23H22N2O4.C17H15FN2O2/c1-26-21-12-17(14-24-23-18-10-6-7-11-19(18)29-25-23)20(13-22(21)27-2)28-15-16-8-4-3-5-9-16;1-2-9-21-14-6-3-12(4-7-14)11-19-17-15-8-5-13(18)10-16(15)22-20-17/h3-13H,14-15H2,1-2H3,(H,24,25);2-8,10H,1,9,11H2,(H,19,20). The van der Waals surface area contributed by atoms with Gasteiger partial charge in [0.1, 0.15) is 30.5 Å². The zero-order valence-corrected chi connectivity index (χ0v) is 28.2. The van der Waals surface area contributed by atoms with Crippen molar-refractivity contribution < 1.29 is 32.4 Å². The predicted octanol–water partition coefficient (Wildman–Crippen LogP) is 9.18. The normalized spacial score (nSPS) is 10.6. The fraction of sp³-hybridized carbons (Fsp3) is 0.150. The molecular weight excluding hydrogens is 651 g/mol. The number of fused-ring (bicyclic) bond motifs is 2. The van der Waals surface area contributed by atoms with E-state index in [2.05, 4.69) is 27.5 Å². The Morgan fingerprint density at radius 1 is 0.667 bits per heavy atom. The van der Waals surface area contributed by atoms with E-state index < -0.39 is 0 Å². The van der Waals surface area contributed by atoms with Crippen molar-refractivity contribution in [1.29, 1.82) is 0 Å². The first-order valence-corrected chi connectivity index (χ1v) is 16.2. The summed E-state index contributed by atoms with van der Waals surface area (Å²) < 4.78 is 46.0. The third kappa shape index (κ3) is 8.76. The molecule has 0 aliphatic heterocycles. The van der Waals surface area contributed by atoms with Crippen molar-refractivity contribution in [2.24, 2.45) is 0 Å². The average molecular weight is 689 g/mol. The van der Waals surface area contributed by atoms with Crippen LogP contribution in [0.5, 0.6) is 23.0 Å². The summed E-state index contributed by atoms with van der Waals surface area (Å²) in [6, 6.07) is 33.6. The molecule has 7 aromatic rings. The molecule has 0 aliphatic carbocycles. The molecule has 0 amide bonds. The fourth-order valence-corrected chi connectivity index (χ4v) is 5.19. The van der Waals surface area contributed by atoms with Crippen LogP contribution < -0.4 is 29.6 Å². The van der Waals surface area contributed by atoms with Crippen molar-refractivity contribution in [2.45, 2.75) is 19.7 Å². The number of para-hydroxylation sites is 1. The van der Waals surface area contributed by atoms with E-state index in [4.69, 9.17) is 28.0 Å². The molecule has 0 unspecified atom stereocenters. The van der Waals surface area contributed by atoms with Crippen LogP contribution in [0.4, 0.5) is 16.0 Å². The first-order valence-electron chi connectivity index (χ1n) is 16.2. The Kier molecular flexibility index (Phi) is 11.3. The highest BCUT2D eigenvalue weighted by Gasteiger charge is 2.15. The largest absolute Gasteiger partial charge is 0.493 e. The van der Waals surface area contributed by atoms with Gasteiger partial charge in [-0.25, -0.2) is 4.39 Å². The van der Waals surface area contributed by atoms with Crippen LogP contribution in [0.15, 0.2) is 131 Å². The second-order valence-electron chi connectivity index (χ2n) is 11.2. The number of nitrogens with zero attached hydrogens (tertiary/aromatic N) is 2. The second kappa shape index (κ2) is 16.8. The quantitative estimate of drug-likeness (QED) is 0.107. The maximum atomic E-state index is 13.1. The van der Waals surface area contributed by atoms with Crippen LogP contribution in [0, 0.1) is 5.82 Å². The summed E-state index contributed by atoms with van der Waals surface area (Å²) in [4.78, 5) is 0. The monoisotopic (exact) mass is 688 g/mol. The Labute approximate surface area is 294 Å². The maximum Gasteiger partial charge on any atom is 0.177 e. The molecule has 51 heavy (non-hydrogen) atoms. The number of benzene rings is 5. The van der Waals surface area contributed by atoms with Crippen molar-refractivity contribution in [3.8, 4) is 23.0 Å². The number of halogens is 1. The number of ether oxygens (including phenoxy) is 4. The van der Waals surface area contributed by atoms with E-state index in [-0.39, 0.29) is 5.82 Å². The van der Waals surface area contributed by atoms with E-state index in [9.17, 15) is 4.39 Å². The van der Waals surface area contributed by atoms with Crippen molar-refractivity contribution in [3.05, 3.63) is 144 Å². The molecule has 11 heteroatoms. The van der Waals surface area contributed by atoms with E-state index >= 15 is 0 Å². The number of methoxy groups -OCH3 is 2. The van der Waals surface area contributed by atoms with Gasteiger partial charge in [-0.2, -0.15) is 0 Å². The lowest BCUT2D eigenvalue weighted by atomic mass is 10.1. The molecular formula is C40H37FN4O6. The lowest BCUT2D eigenvalue weighted by Crippen LogP contribution is -2.05. The van der Waals surface area contributed by atoms with Gasteiger partial charge in [-0.05, 0) is 53.6 Å². The summed E-state index contributed by atoms with van der Waals surface area (Å²) in [7, 11) is 3.23. The Balaban J connectivity index is 0.000000183. The molecule has 0 bridgehead atoms. The van der Waals surface area contributed by atoms with Gasteiger partial charge in [-0.15, -0.1) is 0 Å². The van der Waals surface area contributed by atoms with Crippen LogP contribution in [0.2, 0.25) is 0 Å². The molecule has 0 atom stereocenters. The van der Waals surface area contributed by atoms with Gasteiger partial charge in [-0.3, -0.25) is 0 Å². The van der Waals surface area contributed by atoms with Crippen LogP contribution >= 0.6 is 0 Å². The van der Waals surface area contributed by atoms with E-state index in [0.29, 0.717) is 60.8 Å². The van der Waals surface area contributed by atoms with Gasteiger partial charge in [0.25, 0.3) is 0 Å². The molecule has 0 radical (unpaired) electrons. The van der Waals surface area contributed by atoms with E-state index in [1.54, 1.807) is 26.4 Å². The second-order valence-corrected chi connectivity index (χ2v) is 11.2. The minimum absolute atomic E-state index is 0.342. The summed E-state index contributed by atoms with van der Waals surface area (Å²) in [5, 5.41) is 16.2. The van der Waals surface area contributed by atoms with Crippen molar-refractivity contribution in [3.63, 3.8) is 0 Å². The van der Waals surface area contributed by atoms with Gasteiger partial charge in [0.05, 0.1) is 25.0 Å². The Bertz CT molecular complexity index is 2180. The molecule has 0 saturated carbocycles. The summed E-state index contributed by atoms with van der Waals surface area (Å²) in [5.41, 5.74) is 4.25. The minimum atomic E-state index is -0.342. The average Bonchev–Trinajstić information content (AvgIpc) is 3.79. The Hall–Kier alpha value is -6.49. The Morgan fingerprint density at radius 3 is 2.08 bits per heavy atom. The van der Waals surface area contributed by atoms with Gasteiger partial charge >= 0.3 is 0 Å². The number of hydrogen-bond acceptors (Lipinski definition) is 10. The number of rotatable bonds is 14. The van der Waals surface area contributed by atoms with Crippen LogP contribution in [-0.2, 0) is 19.7 Å². The smallest absolute Gasteiger partial charge is 0.177 e. The minimum Gasteiger partial charge on any atom is -0.493 e. The van der Waals surface area contributed by atoms with Gasteiger partial charge in [0, 0.05) is 30.8 Å². The molecule has 2 N–H and O–H groups in total. The first kappa shape index (κ1) is 34.4. The lowest BCUT2D eigenvalue weighted by molar-refractivity contribution is 0.297. The highest BCUT2D eigenvalue weighted by molar-refractivity contribution is 5.88. The van der Waals surface area contributed by atoms with Crippen molar-refractivity contribution in [2.75, 3.05) is 31.5 Å². The number of aromatic nitrogens is 2. The van der Waals surface area contributed by atoms with Crippen LogP contribution in [0.3, 0.4) is 0 Å². The Morgan fingerprint density at radius 2 is 1.33 bits per heavy atom. The number of anilines is 2. The molecule has 2 heterocycles. The molecule has 7 rings (SSSR count). The molecule has 5 aromatic carbocycles. The summed E-state index contributed by atoms with van der Waals surface area (Å²) >= 11 is 0. The summed E-state index contributed by atoms with van der Waals surface area (Å²) in [6.45, 7) is 5.62. The fourth-order valence-electron chi connectivity index (χ4n) is 5.19. The number of nitrogens with one attached hydrogen (secondary N) is 2. The van der Waals surface area contributed by atoms with Gasteiger partial charge < -0.3 is 38.6 Å². The maximum absolute atomic E-state index is 13.1. The summed E-state index contributed by atoms with van der Waals surface area (Å²) in [5.74, 6) is 3.71. The molecule has 0 fully saturated rings. The van der Waals surface area contributed by atoms with Crippen molar-refractivity contribution in [1.82, 2.24) is 10.3 Å². The van der Waals surface area contributed by atoms with Gasteiger partial charge in [-0.1, -0.05) is 77.6 Å². The van der Waals surface area contributed by atoms with Crippen LogP contribution in [0.1, 0.15) is 16.7 Å². The van der Waals surface area contributed by atoms with Crippen LogP contribution in [-0.4, -0.2) is 31.1 Å². The van der Waals surface area contributed by atoms with Crippen molar-refractivity contribution >= 4 is 33.6 Å². The third-order valence-electron chi connectivity index (χ3n) is 7.81. The SMILES string of the molecule is C=CCOc1ccc(CNc2noc3cc(F)ccc23)cc1.COc1cc(CNc2noc3ccccc23)c(OCc2ccccc2)cc1OC. The molecule has 0 aliphatic rings. The molecule has 2 aromatic heterocycles. The molecule has 0 saturated heterocycles. The number of hydrogen-bond donors (Lipinski definition) is 2. The lowest BCUT2D eigenvalue weighted by Gasteiger charge is -2.16. The third-order valence-corrected chi connectivity index (χ3v) is 7.81. The predicted molar refractivity (Wildman–Crippen MR) is 195 cm³/mol. The van der Waals surface area contributed by atoms with Gasteiger partial charge in [0.15, 0.2) is 34.3 Å². The van der Waals surface area contributed by atoms with E-state index in [0.717, 1.165) is 38.8 Å². The first-order chi connectivity index (χ1) is 25.0. The van der Waals surface area contributed by atoms with Crippen LogP contribution in [0.25, 0.3) is 21.9 Å². The zero-order valence-electron chi connectivity index (χ0n) is 28.2. The highest BCUT2D eigenvalue weighted by atomic mass is 19.1. The molecule has 10 nitrogen and oxygen atoms in total. The molecule has 0 spiro atoms. The molecule has 260 valence electrons. The highest BCUT2D eigenvalue weighted by Crippen LogP contribution is 2.36. The van der Waals surface area contributed by atoms with Gasteiger partial charge in [0.2, 0.25) is 0 Å². The van der Waals surface area contributed by atoms with E-state index in [1.165, 1.54) is 12.1 Å².